The van der Waals surface area contributed by atoms with Gasteiger partial charge in [0.2, 0.25) is 5.91 Å². The molecule has 2 aliphatic heterocycles. The van der Waals surface area contributed by atoms with Crippen LogP contribution in [0.1, 0.15) is 38.8 Å². The number of hydrogen-bond donors (Lipinski definition) is 0. The fourth-order valence-corrected chi connectivity index (χ4v) is 4.42. The van der Waals surface area contributed by atoms with Crippen molar-refractivity contribution in [2.45, 2.75) is 38.5 Å². The van der Waals surface area contributed by atoms with E-state index in [1.54, 1.807) is 24.8 Å². The lowest BCUT2D eigenvalue weighted by molar-refractivity contribution is -0.139. The van der Waals surface area contributed by atoms with Crippen molar-refractivity contribution in [3.8, 4) is 0 Å². The number of hydrogen-bond acceptors (Lipinski definition) is 5. The van der Waals surface area contributed by atoms with Gasteiger partial charge < -0.3 is 4.74 Å². The predicted molar refractivity (Wildman–Crippen MR) is 99.5 cm³/mol. The van der Waals surface area contributed by atoms with Crippen molar-refractivity contribution < 1.29 is 14.3 Å². The first kappa shape index (κ1) is 18.0. The van der Waals surface area contributed by atoms with E-state index in [0.717, 1.165) is 0 Å². The number of benzene rings is 1. The largest absolute Gasteiger partial charge is 0.463 e. The van der Waals surface area contributed by atoms with Crippen molar-refractivity contribution >= 4 is 40.4 Å². The van der Waals surface area contributed by atoms with Gasteiger partial charge in [0.1, 0.15) is 0 Å². The third-order valence-electron chi connectivity index (χ3n) is 4.22. The number of thioether (sulfide) groups is 1. The van der Waals surface area contributed by atoms with Crippen molar-refractivity contribution in [1.29, 1.82) is 0 Å². The Hall–Kier alpha value is -1.79. The topological polar surface area (TPSA) is 59.0 Å². The molecule has 0 bridgehead atoms. The first-order chi connectivity index (χ1) is 12.0. The van der Waals surface area contributed by atoms with E-state index in [-0.39, 0.29) is 17.8 Å². The van der Waals surface area contributed by atoms with Gasteiger partial charge in [-0.1, -0.05) is 48.5 Å². The molecule has 2 atom stereocenters. The molecule has 0 aliphatic carbocycles. The van der Waals surface area contributed by atoms with E-state index in [0.29, 0.717) is 33.4 Å². The summed E-state index contributed by atoms with van der Waals surface area (Å²) in [5.41, 5.74) is 1.63. The molecule has 0 radical (unpaired) electrons. The summed E-state index contributed by atoms with van der Waals surface area (Å²) in [5, 5.41) is 0.923. The fourth-order valence-electron chi connectivity index (χ4n) is 3.05. The van der Waals surface area contributed by atoms with Crippen molar-refractivity contribution in [3.63, 3.8) is 0 Å². The molecule has 132 valence electrons. The summed E-state index contributed by atoms with van der Waals surface area (Å²) < 4.78 is 5.23. The smallest absolute Gasteiger partial charge is 0.338 e. The average molecular weight is 379 g/mol. The highest BCUT2D eigenvalue weighted by Gasteiger charge is 2.47. The highest BCUT2D eigenvalue weighted by Crippen LogP contribution is 2.45. The van der Waals surface area contributed by atoms with Crippen LogP contribution in [0.15, 0.2) is 40.5 Å². The maximum absolute atomic E-state index is 12.9. The molecule has 3 rings (SSSR count). The summed E-state index contributed by atoms with van der Waals surface area (Å²) in [6.45, 7) is 5.73. The SMILES string of the molecule is CCOC(=O)C1=C(C)N=C2SC(CC)C(=O)N2C1c1ccccc1Cl. The third-order valence-corrected chi connectivity index (χ3v) is 5.88. The van der Waals surface area contributed by atoms with Crippen LogP contribution in [0.4, 0.5) is 0 Å². The van der Waals surface area contributed by atoms with E-state index in [1.165, 1.54) is 11.8 Å². The maximum Gasteiger partial charge on any atom is 0.338 e. The van der Waals surface area contributed by atoms with Crippen LogP contribution in [-0.4, -0.2) is 33.8 Å². The number of amidine groups is 1. The van der Waals surface area contributed by atoms with E-state index in [9.17, 15) is 9.59 Å². The number of rotatable bonds is 4. The lowest BCUT2D eigenvalue weighted by Crippen LogP contribution is -2.41. The lowest BCUT2D eigenvalue weighted by atomic mass is 9.94. The summed E-state index contributed by atoms with van der Waals surface area (Å²) >= 11 is 7.84. The van der Waals surface area contributed by atoms with Gasteiger partial charge in [-0.3, -0.25) is 9.69 Å². The number of carbonyl (C=O) groups is 2. The molecule has 1 aromatic rings. The standard InChI is InChI=1S/C18H19ClN2O3S/c1-4-13-16(22)21-15(11-8-6-7-9-12(11)19)14(17(23)24-5-2)10(3)20-18(21)25-13/h6-9,13,15H,4-5H2,1-3H3. The Balaban J connectivity index is 2.17. The van der Waals surface area contributed by atoms with Crippen LogP contribution in [0.3, 0.4) is 0 Å². The van der Waals surface area contributed by atoms with Gasteiger partial charge in [0, 0.05) is 5.02 Å². The molecule has 25 heavy (non-hydrogen) atoms. The van der Waals surface area contributed by atoms with Crippen LogP contribution >= 0.6 is 23.4 Å². The van der Waals surface area contributed by atoms with E-state index < -0.39 is 12.0 Å². The van der Waals surface area contributed by atoms with Crippen LogP contribution < -0.4 is 0 Å². The predicted octanol–water partition coefficient (Wildman–Crippen LogP) is 3.94. The minimum atomic E-state index is -0.614. The molecule has 0 saturated carbocycles. The molecule has 2 unspecified atom stereocenters. The highest BCUT2D eigenvalue weighted by atomic mass is 35.5. The summed E-state index contributed by atoms with van der Waals surface area (Å²) in [6, 6.07) is 6.64. The normalized spacial score (nSPS) is 22.8. The van der Waals surface area contributed by atoms with Crippen molar-refractivity contribution in [1.82, 2.24) is 4.90 Å². The Morgan fingerprint density at radius 2 is 2.08 bits per heavy atom. The van der Waals surface area contributed by atoms with Crippen molar-refractivity contribution in [2.75, 3.05) is 6.61 Å². The number of nitrogens with zero attached hydrogens (tertiary/aromatic N) is 2. The van der Waals surface area contributed by atoms with Crippen LogP contribution in [0.5, 0.6) is 0 Å². The third kappa shape index (κ3) is 3.09. The second kappa shape index (κ2) is 7.22. The molecular formula is C18H19ClN2O3S. The molecule has 1 amide bonds. The van der Waals surface area contributed by atoms with Crippen LogP contribution in [0, 0.1) is 0 Å². The minimum absolute atomic E-state index is 0.0505. The number of amides is 1. The molecule has 1 fully saturated rings. The van der Waals surface area contributed by atoms with Gasteiger partial charge in [-0.05, 0) is 31.9 Å². The summed E-state index contributed by atoms with van der Waals surface area (Å²) in [6.07, 6.45) is 0.696. The molecular weight excluding hydrogens is 360 g/mol. The zero-order valence-corrected chi connectivity index (χ0v) is 15.9. The van der Waals surface area contributed by atoms with Crippen molar-refractivity contribution in [2.24, 2.45) is 4.99 Å². The van der Waals surface area contributed by atoms with Gasteiger partial charge in [-0.25, -0.2) is 9.79 Å². The number of ether oxygens (including phenoxy) is 1. The molecule has 2 aliphatic rings. The number of esters is 1. The van der Waals surface area contributed by atoms with Gasteiger partial charge in [-0.2, -0.15) is 0 Å². The molecule has 0 spiro atoms. The lowest BCUT2D eigenvalue weighted by Gasteiger charge is -2.33. The second-order valence-corrected chi connectivity index (χ2v) is 7.34. The Morgan fingerprint density at radius 3 is 2.72 bits per heavy atom. The molecule has 1 aromatic carbocycles. The van der Waals surface area contributed by atoms with Gasteiger partial charge in [0.25, 0.3) is 0 Å². The second-order valence-electron chi connectivity index (χ2n) is 5.76. The molecule has 0 aromatic heterocycles. The van der Waals surface area contributed by atoms with Crippen LogP contribution in [0.25, 0.3) is 0 Å². The molecule has 7 heteroatoms. The van der Waals surface area contributed by atoms with Gasteiger partial charge in [0.15, 0.2) is 5.17 Å². The highest BCUT2D eigenvalue weighted by molar-refractivity contribution is 8.15. The Kier molecular flexibility index (Phi) is 5.20. The fraction of sp³-hybridized carbons (Fsp3) is 0.389. The van der Waals surface area contributed by atoms with E-state index in [4.69, 9.17) is 16.3 Å². The van der Waals surface area contributed by atoms with Gasteiger partial charge in [0.05, 0.1) is 29.2 Å². The van der Waals surface area contributed by atoms with E-state index >= 15 is 0 Å². The molecule has 0 N–H and O–H groups in total. The number of carbonyl (C=O) groups excluding carboxylic acids is 2. The summed E-state index contributed by atoms with van der Waals surface area (Å²) in [7, 11) is 0. The Bertz CT molecular complexity index is 790. The Labute approximate surface area is 156 Å². The first-order valence-corrected chi connectivity index (χ1v) is 9.46. The van der Waals surface area contributed by atoms with Crippen LogP contribution in [-0.2, 0) is 14.3 Å². The van der Waals surface area contributed by atoms with Gasteiger partial charge in [-0.15, -0.1) is 0 Å². The monoisotopic (exact) mass is 378 g/mol. The van der Waals surface area contributed by atoms with Crippen molar-refractivity contribution in [3.05, 3.63) is 46.1 Å². The summed E-state index contributed by atoms with van der Waals surface area (Å²) in [4.78, 5) is 31.6. The zero-order valence-electron chi connectivity index (χ0n) is 14.3. The Morgan fingerprint density at radius 1 is 1.36 bits per heavy atom. The zero-order chi connectivity index (χ0) is 18.1. The van der Waals surface area contributed by atoms with Gasteiger partial charge >= 0.3 is 5.97 Å². The number of fused-ring (bicyclic) bond motifs is 1. The number of halogens is 1. The number of aliphatic imine (C=N–C) groups is 1. The summed E-state index contributed by atoms with van der Waals surface area (Å²) in [5.74, 6) is -0.518. The molecule has 1 saturated heterocycles. The first-order valence-electron chi connectivity index (χ1n) is 8.20. The average Bonchev–Trinajstić information content (AvgIpc) is 2.90. The minimum Gasteiger partial charge on any atom is -0.463 e. The molecule has 2 heterocycles. The van der Waals surface area contributed by atoms with E-state index in [2.05, 4.69) is 4.99 Å². The molecule has 5 nitrogen and oxygen atoms in total. The van der Waals surface area contributed by atoms with E-state index in [1.807, 2.05) is 25.1 Å². The van der Waals surface area contributed by atoms with Crippen LogP contribution in [0.2, 0.25) is 5.02 Å². The quantitative estimate of drug-likeness (QED) is 0.744. The number of allylic oxidation sites excluding steroid dienone is 1. The maximum atomic E-state index is 12.9.